The van der Waals surface area contributed by atoms with Crippen LogP contribution in [-0.2, 0) is 4.79 Å². The Hall–Kier alpha value is -1.30. The maximum Gasteiger partial charge on any atom is 0.314 e. The van der Waals surface area contributed by atoms with Crippen LogP contribution in [0.3, 0.4) is 0 Å². The maximum atomic E-state index is 11.6. The first kappa shape index (κ1) is 15.8. The molecule has 1 aliphatic rings. The Balaban J connectivity index is 2.13. The highest BCUT2D eigenvalue weighted by Crippen LogP contribution is 2.43. The van der Waals surface area contributed by atoms with Gasteiger partial charge in [-0.15, -0.1) is 0 Å². The van der Waals surface area contributed by atoms with Gasteiger partial charge in [0, 0.05) is 13.1 Å². The minimum absolute atomic E-state index is 0.147. The van der Waals surface area contributed by atoms with Gasteiger partial charge in [-0.3, -0.25) is 4.79 Å². The number of carbonyl (C=O) groups excluding carboxylic acids is 1. The largest absolute Gasteiger partial charge is 0.481 e. The van der Waals surface area contributed by atoms with Gasteiger partial charge in [-0.25, -0.2) is 4.79 Å². The Bertz CT molecular complexity index is 304. The first-order valence-corrected chi connectivity index (χ1v) is 7.02. The van der Waals surface area contributed by atoms with Crippen LogP contribution < -0.4 is 16.0 Å². The van der Waals surface area contributed by atoms with Crippen molar-refractivity contribution in [3.05, 3.63) is 0 Å². The second kappa shape index (κ2) is 7.99. The number of carbonyl (C=O) groups is 2. The third-order valence-electron chi connectivity index (χ3n) is 3.63. The van der Waals surface area contributed by atoms with E-state index in [-0.39, 0.29) is 17.9 Å². The monoisotopic (exact) mass is 271 g/mol. The molecule has 0 aliphatic heterocycles. The molecule has 0 aromatic carbocycles. The molecule has 6 heteroatoms. The predicted octanol–water partition coefficient (Wildman–Crippen LogP) is 0.930. The summed E-state index contributed by atoms with van der Waals surface area (Å²) >= 11 is 0. The highest BCUT2D eigenvalue weighted by molar-refractivity contribution is 5.74. The second-order valence-electron chi connectivity index (χ2n) is 5.24. The molecule has 0 spiro atoms. The molecule has 1 rings (SSSR count). The summed E-state index contributed by atoms with van der Waals surface area (Å²) in [5.41, 5.74) is -0.215. The molecule has 1 fully saturated rings. The number of hydrogen-bond acceptors (Lipinski definition) is 3. The number of aliphatic carboxylic acids is 1. The molecule has 2 amide bonds. The first-order valence-electron chi connectivity index (χ1n) is 7.02. The summed E-state index contributed by atoms with van der Waals surface area (Å²) in [5.74, 6) is -0.785. The summed E-state index contributed by atoms with van der Waals surface area (Å²) in [6, 6.07) is -0.201. The molecule has 1 saturated carbocycles. The van der Waals surface area contributed by atoms with Crippen molar-refractivity contribution in [1.82, 2.24) is 16.0 Å². The normalized spacial score (nSPS) is 16.5. The van der Waals surface area contributed by atoms with Crippen molar-refractivity contribution in [3.63, 3.8) is 0 Å². The van der Waals surface area contributed by atoms with Gasteiger partial charge in [0.05, 0.1) is 6.42 Å². The van der Waals surface area contributed by atoms with E-state index in [1.807, 2.05) is 6.92 Å². The number of urea groups is 1. The Morgan fingerprint density at radius 1 is 1.21 bits per heavy atom. The van der Waals surface area contributed by atoms with Crippen LogP contribution in [0.5, 0.6) is 0 Å². The molecule has 0 heterocycles. The molecule has 0 aromatic heterocycles. The topological polar surface area (TPSA) is 90.5 Å². The van der Waals surface area contributed by atoms with Gasteiger partial charge in [0.15, 0.2) is 0 Å². The minimum atomic E-state index is -0.785. The molecule has 110 valence electrons. The number of rotatable bonds is 9. The van der Waals surface area contributed by atoms with Gasteiger partial charge in [-0.2, -0.15) is 0 Å². The van der Waals surface area contributed by atoms with Crippen LogP contribution in [0.1, 0.15) is 39.0 Å². The van der Waals surface area contributed by atoms with Crippen molar-refractivity contribution < 1.29 is 14.7 Å². The first-order chi connectivity index (χ1) is 9.08. The van der Waals surface area contributed by atoms with Crippen LogP contribution in [0.2, 0.25) is 0 Å². The molecular formula is C13H25N3O3. The summed E-state index contributed by atoms with van der Waals surface area (Å²) in [4.78, 5) is 22.3. The quantitative estimate of drug-likeness (QED) is 0.470. The van der Waals surface area contributed by atoms with Crippen LogP contribution in [0.4, 0.5) is 4.79 Å². The van der Waals surface area contributed by atoms with Crippen LogP contribution in [0.25, 0.3) is 0 Å². The Morgan fingerprint density at radius 2 is 1.95 bits per heavy atom. The standard InChI is InChI=1S/C13H25N3O3/c1-2-14-7-4-8-15-12(19)16-10-13(5-3-6-13)9-11(17)18/h14H,2-10H2,1H3,(H,17,18)(H2,15,16,19). The lowest BCUT2D eigenvalue weighted by Gasteiger charge is -2.40. The zero-order chi connectivity index (χ0) is 14.1. The lowest BCUT2D eigenvalue weighted by molar-refractivity contribution is -0.141. The van der Waals surface area contributed by atoms with Crippen molar-refractivity contribution in [2.45, 2.75) is 39.0 Å². The van der Waals surface area contributed by atoms with Gasteiger partial charge in [-0.1, -0.05) is 13.3 Å². The lowest BCUT2D eigenvalue weighted by Crippen LogP contribution is -2.46. The average Bonchev–Trinajstić information content (AvgIpc) is 2.31. The maximum absolute atomic E-state index is 11.6. The van der Waals surface area contributed by atoms with Crippen LogP contribution in [0.15, 0.2) is 0 Å². The molecular weight excluding hydrogens is 246 g/mol. The van der Waals surface area contributed by atoms with E-state index >= 15 is 0 Å². The Labute approximate surface area is 114 Å². The molecule has 0 radical (unpaired) electrons. The molecule has 6 nitrogen and oxygen atoms in total. The van der Waals surface area contributed by atoms with Crippen LogP contribution >= 0.6 is 0 Å². The van der Waals surface area contributed by atoms with E-state index in [4.69, 9.17) is 5.11 Å². The number of carboxylic acids is 1. The zero-order valence-electron chi connectivity index (χ0n) is 11.6. The fourth-order valence-corrected chi connectivity index (χ4v) is 2.34. The van der Waals surface area contributed by atoms with Crippen LogP contribution in [-0.4, -0.2) is 43.3 Å². The fraction of sp³-hybridized carbons (Fsp3) is 0.846. The van der Waals surface area contributed by atoms with Gasteiger partial charge in [-0.05, 0) is 37.8 Å². The summed E-state index contributed by atoms with van der Waals surface area (Å²) in [7, 11) is 0. The number of carboxylic acid groups (broad SMARTS) is 1. The van der Waals surface area contributed by atoms with E-state index in [9.17, 15) is 9.59 Å². The zero-order valence-corrected chi connectivity index (χ0v) is 11.6. The van der Waals surface area contributed by atoms with Gasteiger partial charge >= 0.3 is 12.0 Å². The van der Waals surface area contributed by atoms with Crippen LogP contribution in [0, 0.1) is 5.41 Å². The van der Waals surface area contributed by atoms with Gasteiger partial charge in [0.25, 0.3) is 0 Å². The molecule has 0 atom stereocenters. The Kier molecular flexibility index (Phi) is 6.62. The molecule has 0 aromatic rings. The summed E-state index contributed by atoms with van der Waals surface area (Å²) in [6.07, 6.45) is 3.87. The van der Waals surface area contributed by atoms with E-state index in [1.54, 1.807) is 0 Å². The van der Waals surface area contributed by atoms with E-state index in [0.717, 1.165) is 38.8 Å². The SMILES string of the molecule is CCNCCCNC(=O)NCC1(CC(=O)O)CCC1. The summed E-state index contributed by atoms with van der Waals surface area (Å²) in [6.45, 7) is 4.95. The third kappa shape index (κ3) is 5.92. The van der Waals surface area contributed by atoms with E-state index < -0.39 is 5.97 Å². The van der Waals surface area contributed by atoms with Gasteiger partial charge in [0.2, 0.25) is 0 Å². The van der Waals surface area contributed by atoms with Crippen molar-refractivity contribution in [3.8, 4) is 0 Å². The minimum Gasteiger partial charge on any atom is -0.481 e. The average molecular weight is 271 g/mol. The molecule has 0 unspecified atom stereocenters. The van der Waals surface area contributed by atoms with Crippen molar-refractivity contribution in [2.24, 2.45) is 5.41 Å². The highest BCUT2D eigenvalue weighted by atomic mass is 16.4. The van der Waals surface area contributed by atoms with E-state index in [0.29, 0.717) is 13.1 Å². The third-order valence-corrected chi connectivity index (χ3v) is 3.63. The lowest BCUT2D eigenvalue weighted by atomic mass is 9.66. The fourth-order valence-electron chi connectivity index (χ4n) is 2.34. The second-order valence-corrected chi connectivity index (χ2v) is 5.24. The van der Waals surface area contributed by atoms with Crippen molar-refractivity contribution >= 4 is 12.0 Å². The molecule has 0 saturated heterocycles. The number of hydrogen-bond donors (Lipinski definition) is 4. The molecule has 1 aliphatic carbocycles. The van der Waals surface area contributed by atoms with Gasteiger partial charge < -0.3 is 21.1 Å². The number of nitrogens with one attached hydrogen (secondary N) is 3. The molecule has 19 heavy (non-hydrogen) atoms. The van der Waals surface area contributed by atoms with Crippen molar-refractivity contribution in [2.75, 3.05) is 26.2 Å². The summed E-state index contributed by atoms with van der Waals surface area (Å²) < 4.78 is 0. The van der Waals surface area contributed by atoms with Gasteiger partial charge in [0.1, 0.15) is 0 Å². The number of amides is 2. The molecule has 0 bridgehead atoms. The smallest absolute Gasteiger partial charge is 0.314 e. The van der Waals surface area contributed by atoms with E-state index in [2.05, 4.69) is 16.0 Å². The molecule has 4 N–H and O–H groups in total. The Morgan fingerprint density at radius 3 is 2.47 bits per heavy atom. The van der Waals surface area contributed by atoms with Crippen molar-refractivity contribution in [1.29, 1.82) is 0 Å². The summed E-state index contributed by atoms with van der Waals surface area (Å²) in [5, 5.41) is 17.6. The van der Waals surface area contributed by atoms with E-state index in [1.165, 1.54) is 0 Å². The predicted molar refractivity (Wildman–Crippen MR) is 73.1 cm³/mol. The highest BCUT2D eigenvalue weighted by Gasteiger charge is 2.39.